The molecule has 3 aromatic carbocycles. The number of anilines is 1. The highest BCUT2D eigenvalue weighted by Crippen LogP contribution is 2.38. The molecule has 0 fully saturated rings. The molecule has 1 atom stereocenters. The van der Waals surface area contributed by atoms with Crippen LogP contribution in [0.15, 0.2) is 72.8 Å². The Morgan fingerprint density at radius 2 is 1.36 bits per heavy atom. The number of rotatable bonds is 10. The minimum Gasteiger partial charge on any atom is -0.457 e. The highest BCUT2D eigenvalue weighted by molar-refractivity contribution is 5.52. The van der Waals surface area contributed by atoms with Gasteiger partial charge in [0.15, 0.2) is 6.10 Å². The molecule has 0 saturated carbocycles. The van der Waals surface area contributed by atoms with Crippen molar-refractivity contribution in [3.05, 3.63) is 83.9 Å². The Labute approximate surface area is 219 Å². The van der Waals surface area contributed by atoms with Gasteiger partial charge in [-0.25, -0.2) is 0 Å². The first-order chi connectivity index (χ1) is 18.0. The van der Waals surface area contributed by atoms with Crippen LogP contribution in [0.4, 0.5) is 40.8 Å². The maximum absolute atomic E-state index is 13.3. The van der Waals surface area contributed by atoms with Gasteiger partial charge in [-0.05, 0) is 53.4 Å². The van der Waals surface area contributed by atoms with Gasteiger partial charge in [0, 0.05) is 18.3 Å². The Hall–Kier alpha value is -3.54. The second-order valence-electron chi connectivity index (χ2n) is 9.03. The van der Waals surface area contributed by atoms with E-state index in [4.69, 9.17) is 4.74 Å². The molecule has 0 radical (unpaired) electrons. The molecule has 0 spiro atoms. The molecule has 3 rings (SSSR count). The van der Waals surface area contributed by atoms with Crippen LogP contribution in [0.1, 0.15) is 30.9 Å². The van der Waals surface area contributed by atoms with Crippen molar-refractivity contribution in [1.29, 1.82) is 0 Å². The van der Waals surface area contributed by atoms with Crippen molar-refractivity contribution in [1.82, 2.24) is 0 Å². The van der Waals surface area contributed by atoms with Gasteiger partial charge in [0.05, 0.1) is 6.54 Å². The van der Waals surface area contributed by atoms with Crippen molar-refractivity contribution >= 4 is 5.69 Å². The van der Waals surface area contributed by atoms with E-state index in [2.05, 4.69) is 4.74 Å². The smallest absolute Gasteiger partial charge is 0.457 e. The number of ether oxygens (including phenoxy) is 2. The standard InChI is InChI=1S/C27H25F8NO3/c1-17(2)19-7-4-9-21(13-19)38-22-10-5-8-20(14-22)36(16-24(37)25(28,29)30)15-18-6-3-11-23(12-18)39-27(34,35)26(31,32)33/h3-14,17,24,37H,15-16H2,1-2H3/t24-/m1/s1. The number of alkyl halides is 8. The molecule has 0 bridgehead atoms. The first-order valence-corrected chi connectivity index (χ1v) is 11.7. The lowest BCUT2D eigenvalue weighted by Crippen LogP contribution is -2.42. The lowest BCUT2D eigenvalue weighted by Gasteiger charge is -2.29. The van der Waals surface area contributed by atoms with Gasteiger partial charge in [0.25, 0.3) is 0 Å². The molecule has 0 aliphatic carbocycles. The molecule has 0 aromatic heterocycles. The average Bonchev–Trinajstić information content (AvgIpc) is 2.82. The van der Waals surface area contributed by atoms with E-state index in [1.165, 1.54) is 24.3 Å². The zero-order valence-electron chi connectivity index (χ0n) is 20.7. The molecule has 12 heteroatoms. The number of hydrogen-bond acceptors (Lipinski definition) is 4. The normalized spacial score (nSPS) is 13.3. The van der Waals surface area contributed by atoms with E-state index < -0.39 is 43.4 Å². The monoisotopic (exact) mass is 563 g/mol. The second kappa shape index (κ2) is 11.7. The largest absolute Gasteiger partial charge is 0.499 e. The van der Waals surface area contributed by atoms with Crippen molar-refractivity contribution in [3.63, 3.8) is 0 Å². The van der Waals surface area contributed by atoms with E-state index in [1.54, 1.807) is 18.2 Å². The highest BCUT2D eigenvalue weighted by Gasteiger charge is 2.61. The van der Waals surface area contributed by atoms with Gasteiger partial charge in [-0.3, -0.25) is 0 Å². The van der Waals surface area contributed by atoms with Gasteiger partial charge in [0.1, 0.15) is 17.2 Å². The molecule has 0 aliphatic heterocycles. The van der Waals surface area contributed by atoms with Gasteiger partial charge < -0.3 is 19.5 Å². The summed E-state index contributed by atoms with van der Waals surface area (Å²) in [6.07, 6.45) is -19.2. The summed E-state index contributed by atoms with van der Waals surface area (Å²) in [6, 6.07) is 17.3. The van der Waals surface area contributed by atoms with Crippen LogP contribution in [-0.2, 0) is 6.54 Å². The predicted octanol–water partition coefficient (Wildman–Crippen LogP) is 8.07. The third-order valence-corrected chi connectivity index (χ3v) is 5.56. The number of benzene rings is 3. The molecule has 1 N–H and O–H groups in total. The minimum atomic E-state index is -5.97. The maximum atomic E-state index is 13.3. The van der Waals surface area contributed by atoms with Crippen molar-refractivity contribution in [2.75, 3.05) is 11.4 Å². The van der Waals surface area contributed by atoms with Crippen LogP contribution >= 0.6 is 0 Å². The summed E-state index contributed by atoms with van der Waals surface area (Å²) in [5, 5.41) is 9.73. The molecule has 39 heavy (non-hydrogen) atoms. The Morgan fingerprint density at radius 1 is 0.769 bits per heavy atom. The van der Waals surface area contributed by atoms with Gasteiger partial charge in [-0.1, -0.05) is 44.2 Å². The topological polar surface area (TPSA) is 41.9 Å². The number of hydrogen-bond donors (Lipinski definition) is 1. The van der Waals surface area contributed by atoms with E-state index in [-0.39, 0.29) is 22.9 Å². The van der Waals surface area contributed by atoms with E-state index in [9.17, 15) is 40.2 Å². The zero-order chi connectivity index (χ0) is 29.0. The van der Waals surface area contributed by atoms with Gasteiger partial charge >= 0.3 is 18.5 Å². The summed E-state index contributed by atoms with van der Waals surface area (Å²) < 4.78 is 114. The molecule has 0 heterocycles. The summed E-state index contributed by atoms with van der Waals surface area (Å²) in [7, 11) is 0. The third-order valence-electron chi connectivity index (χ3n) is 5.56. The highest BCUT2D eigenvalue weighted by atomic mass is 19.4. The average molecular weight is 563 g/mol. The maximum Gasteiger partial charge on any atom is 0.499 e. The van der Waals surface area contributed by atoms with Crippen LogP contribution < -0.4 is 14.4 Å². The molecular weight excluding hydrogens is 538 g/mol. The summed E-state index contributed by atoms with van der Waals surface area (Å²) in [4.78, 5) is 1.09. The first-order valence-electron chi connectivity index (χ1n) is 11.7. The molecule has 4 nitrogen and oxygen atoms in total. The number of nitrogens with zero attached hydrogens (tertiary/aromatic N) is 1. The Kier molecular flexibility index (Phi) is 8.99. The predicted molar refractivity (Wildman–Crippen MR) is 128 cm³/mol. The van der Waals surface area contributed by atoms with Crippen molar-refractivity contribution in [2.24, 2.45) is 0 Å². The molecule has 0 aliphatic rings. The van der Waals surface area contributed by atoms with E-state index >= 15 is 0 Å². The zero-order valence-corrected chi connectivity index (χ0v) is 20.7. The van der Waals surface area contributed by atoms with Crippen LogP contribution in [0.25, 0.3) is 0 Å². The van der Waals surface area contributed by atoms with E-state index in [1.807, 2.05) is 26.0 Å². The van der Waals surface area contributed by atoms with Crippen LogP contribution in [0.5, 0.6) is 17.2 Å². The first kappa shape index (κ1) is 30.0. The number of aliphatic hydroxyl groups is 1. The van der Waals surface area contributed by atoms with Crippen molar-refractivity contribution < 1.29 is 49.7 Å². The molecule has 212 valence electrons. The van der Waals surface area contributed by atoms with Crippen molar-refractivity contribution in [3.8, 4) is 17.2 Å². The van der Waals surface area contributed by atoms with Gasteiger partial charge in [0.2, 0.25) is 0 Å². The van der Waals surface area contributed by atoms with E-state index in [0.717, 1.165) is 28.7 Å². The minimum absolute atomic E-state index is 0.0517. The van der Waals surface area contributed by atoms with Crippen molar-refractivity contribution in [2.45, 2.75) is 50.9 Å². The van der Waals surface area contributed by atoms with Crippen LogP contribution in [0, 0.1) is 0 Å². The lowest BCUT2D eigenvalue weighted by molar-refractivity contribution is -0.360. The van der Waals surface area contributed by atoms with Crippen LogP contribution in [-0.4, -0.2) is 36.2 Å². The molecular formula is C27H25F8NO3. The third kappa shape index (κ3) is 8.22. The summed E-state index contributed by atoms with van der Waals surface area (Å²) in [5.41, 5.74) is 1.22. The van der Waals surface area contributed by atoms with Gasteiger partial charge in [-0.15, -0.1) is 0 Å². The molecule has 3 aromatic rings. The fraction of sp³-hybridized carbons (Fsp3) is 0.333. The number of aliphatic hydroxyl groups excluding tert-OH is 1. The summed E-state index contributed by atoms with van der Waals surface area (Å²) in [6.45, 7) is 2.63. The summed E-state index contributed by atoms with van der Waals surface area (Å²) in [5.74, 6) is 0.126. The van der Waals surface area contributed by atoms with Crippen LogP contribution in [0.2, 0.25) is 0 Å². The van der Waals surface area contributed by atoms with E-state index in [0.29, 0.717) is 5.75 Å². The second-order valence-corrected chi connectivity index (χ2v) is 9.03. The SMILES string of the molecule is CC(C)c1cccc(Oc2cccc(N(Cc3cccc(OC(F)(F)C(F)(F)F)c3)C[C@@H](O)C(F)(F)F)c2)c1. The number of halogens is 8. The van der Waals surface area contributed by atoms with Gasteiger partial charge in [-0.2, -0.15) is 35.1 Å². The Bertz CT molecular complexity index is 1240. The molecule has 0 unspecified atom stereocenters. The van der Waals surface area contributed by atoms with Crippen LogP contribution in [0.3, 0.4) is 0 Å². The molecule has 0 saturated heterocycles. The Morgan fingerprint density at radius 3 is 1.97 bits per heavy atom. The summed E-state index contributed by atoms with van der Waals surface area (Å²) >= 11 is 0. The molecule has 0 amide bonds. The Balaban J connectivity index is 1.90. The lowest BCUT2D eigenvalue weighted by atomic mass is 10.0. The fourth-order valence-corrected chi connectivity index (χ4v) is 3.52. The quantitative estimate of drug-likeness (QED) is 0.254. The fourth-order valence-electron chi connectivity index (χ4n) is 3.52.